The predicted octanol–water partition coefficient (Wildman–Crippen LogP) is 0.907. The van der Waals surface area contributed by atoms with E-state index in [4.69, 9.17) is 5.73 Å². The number of nitrogens with one attached hydrogen (secondary N) is 1. The molecule has 0 saturated heterocycles. The van der Waals surface area contributed by atoms with Gasteiger partial charge in [0.15, 0.2) is 0 Å². The Morgan fingerprint density at radius 3 is 2.94 bits per heavy atom. The highest BCUT2D eigenvalue weighted by molar-refractivity contribution is 7.09. The van der Waals surface area contributed by atoms with Crippen LogP contribution < -0.4 is 11.1 Å². The lowest BCUT2D eigenvalue weighted by atomic mass is 10.2. The molecular formula is C8H6FN5OS. The van der Waals surface area contributed by atoms with Gasteiger partial charge in [-0.3, -0.25) is 10.1 Å². The SMILES string of the molecule is Nc1ccc(C(=O)Nc2nnns2)c(F)c1. The molecule has 82 valence electrons. The van der Waals surface area contributed by atoms with E-state index in [1.165, 1.54) is 12.1 Å². The fourth-order valence-electron chi connectivity index (χ4n) is 1.06. The van der Waals surface area contributed by atoms with Gasteiger partial charge in [-0.1, -0.05) is 9.59 Å². The monoisotopic (exact) mass is 239 g/mol. The second kappa shape index (κ2) is 4.19. The average Bonchev–Trinajstić information content (AvgIpc) is 2.70. The second-order valence-electron chi connectivity index (χ2n) is 2.86. The average molecular weight is 239 g/mol. The maximum atomic E-state index is 13.3. The highest BCUT2D eigenvalue weighted by atomic mass is 32.1. The van der Waals surface area contributed by atoms with Gasteiger partial charge in [-0.05, 0) is 23.4 Å². The van der Waals surface area contributed by atoms with E-state index >= 15 is 0 Å². The van der Waals surface area contributed by atoms with Crippen LogP contribution in [0.4, 0.5) is 15.2 Å². The van der Waals surface area contributed by atoms with Crippen molar-refractivity contribution in [1.82, 2.24) is 14.8 Å². The molecule has 16 heavy (non-hydrogen) atoms. The van der Waals surface area contributed by atoms with Crippen molar-refractivity contribution in [3.8, 4) is 0 Å². The van der Waals surface area contributed by atoms with Gasteiger partial charge in [0.05, 0.1) is 5.56 Å². The molecule has 2 rings (SSSR count). The molecule has 0 aliphatic heterocycles. The minimum absolute atomic E-state index is 0.107. The first kappa shape index (κ1) is 10.4. The molecular weight excluding hydrogens is 233 g/mol. The fourth-order valence-corrected chi connectivity index (χ4v) is 1.42. The molecule has 0 spiro atoms. The van der Waals surface area contributed by atoms with Crippen LogP contribution in [0.3, 0.4) is 0 Å². The van der Waals surface area contributed by atoms with E-state index < -0.39 is 11.7 Å². The Balaban J connectivity index is 2.21. The first-order valence-corrected chi connectivity index (χ1v) is 4.95. The molecule has 0 fully saturated rings. The highest BCUT2D eigenvalue weighted by Crippen LogP contribution is 2.14. The minimum Gasteiger partial charge on any atom is -0.399 e. The molecule has 1 aromatic heterocycles. The molecule has 2 aromatic rings. The van der Waals surface area contributed by atoms with E-state index in [-0.39, 0.29) is 16.4 Å². The van der Waals surface area contributed by atoms with Crippen LogP contribution >= 0.6 is 11.5 Å². The summed E-state index contributed by atoms with van der Waals surface area (Å²) in [6, 6.07) is 3.82. The molecule has 1 amide bonds. The molecule has 1 heterocycles. The Morgan fingerprint density at radius 1 is 1.50 bits per heavy atom. The number of carbonyl (C=O) groups excluding carboxylic acids is 1. The van der Waals surface area contributed by atoms with Crippen LogP contribution in [0.1, 0.15) is 10.4 Å². The summed E-state index contributed by atoms with van der Waals surface area (Å²) in [5.74, 6) is -1.30. The Labute approximate surface area is 93.4 Å². The van der Waals surface area contributed by atoms with E-state index in [1.54, 1.807) is 0 Å². The summed E-state index contributed by atoms with van der Waals surface area (Å²) in [6.07, 6.45) is 0. The Kier molecular flexibility index (Phi) is 2.73. The second-order valence-corrected chi connectivity index (χ2v) is 3.59. The molecule has 0 unspecified atom stereocenters. The van der Waals surface area contributed by atoms with Crippen LogP contribution in [0.25, 0.3) is 0 Å². The molecule has 0 saturated carbocycles. The number of amides is 1. The Bertz CT molecular complexity index is 515. The number of rotatable bonds is 2. The summed E-state index contributed by atoms with van der Waals surface area (Å²) in [6.45, 7) is 0. The molecule has 0 aliphatic rings. The number of nitrogen functional groups attached to an aromatic ring is 1. The number of hydrogen-bond acceptors (Lipinski definition) is 6. The zero-order chi connectivity index (χ0) is 11.5. The quantitative estimate of drug-likeness (QED) is 0.759. The third-order valence-corrected chi connectivity index (χ3v) is 2.27. The van der Waals surface area contributed by atoms with Crippen LogP contribution in [0.15, 0.2) is 18.2 Å². The van der Waals surface area contributed by atoms with Crippen LogP contribution in [0.5, 0.6) is 0 Å². The van der Waals surface area contributed by atoms with Crippen LogP contribution in [-0.2, 0) is 0 Å². The van der Waals surface area contributed by atoms with Gasteiger partial charge >= 0.3 is 0 Å². The number of halogens is 1. The summed E-state index contributed by atoms with van der Waals surface area (Å²) in [4.78, 5) is 11.6. The van der Waals surface area contributed by atoms with Crippen LogP contribution in [0.2, 0.25) is 0 Å². The first-order chi connectivity index (χ1) is 7.66. The lowest BCUT2D eigenvalue weighted by Gasteiger charge is -2.02. The third kappa shape index (κ3) is 2.11. The molecule has 1 aromatic carbocycles. The minimum atomic E-state index is -0.685. The number of anilines is 2. The van der Waals surface area contributed by atoms with Gasteiger partial charge in [-0.15, -0.1) is 0 Å². The van der Waals surface area contributed by atoms with Crippen molar-refractivity contribution in [3.05, 3.63) is 29.6 Å². The van der Waals surface area contributed by atoms with E-state index in [2.05, 4.69) is 20.1 Å². The zero-order valence-electron chi connectivity index (χ0n) is 7.85. The standard InChI is InChI=1S/C8H6FN5OS/c9-6-3-4(10)1-2-5(6)7(15)11-8-12-13-14-16-8/h1-3H,10H2,(H,11,12,14,15). The number of nitrogens with zero attached hydrogens (tertiary/aromatic N) is 3. The highest BCUT2D eigenvalue weighted by Gasteiger charge is 2.13. The van der Waals surface area contributed by atoms with Gasteiger partial charge in [-0.2, -0.15) is 0 Å². The van der Waals surface area contributed by atoms with Gasteiger partial charge in [0.1, 0.15) is 5.82 Å². The summed E-state index contributed by atoms with van der Waals surface area (Å²) < 4.78 is 16.8. The third-order valence-electron chi connectivity index (χ3n) is 1.76. The van der Waals surface area contributed by atoms with Crippen LogP contribution in [-0.4, -0.2) is 20.7 Å². The lowest BCUT2D eigenvalue weighted by Crippen LogP contribution is -2.13. The summed E-state index contributed by atoms with van der Waals surface area (Å²) in [5, 5.41) is 9.37. The van der Waals surface area contributed by atoms with Crippen molar-refractivity contribution in [1.29, 1.82) is 0 Å². The number of hydrogen-bond donors (Lipinski definition) is 2. The van der Waals surface area contributed by atoms with Gasteiger partial charge in [0.25, 0.3) is 5.91 Å². The zero-order valence-corrected chi connectivity index (χ0v) is 8.66. The number of carbonyl (C=O) groups is 1. The number of nitrogens with two attached hydrogens (primary N) is 1. The van der Waals surface area contributed by atoms with Gasteiger partial charge < -0.3 is 5.73 Å². The molecule has 3 N–H and O–H groups in total. The topological polar surface area (TPSA) is 93.8 Å². The molecule has 8 heteroatoms. The van der Waals surface area contributed by atoms with Crippen molar-refractivity contribution < 1.29 is 9.18 Å². The largest absolute Gasteiger partial charge is 0.399 e. The Hall–Kier alpha value is -2.09. The molecule has 0 aliphatic carbocycles. The molecule has 0 bridgehead atoms. The van der Waals surface area contributed by atoms with Crippen molar-refractivity contribution >= 4 is 28.3 Å². The van der Waals surface area contributed by atoms with Gasteiger partial charge in [0.2, 0.25) is 5.13 Å². The summed E-state index contributed by atoms with van der Waals surface area (Å²) in [5.41, 5.74) is 5.51. The number of aromatic nitrogens is 3. The maximum Gasteiger partial charge on any atom is 0.260 e. The molecule has 0 radical (unpaired) electrons. The van der Waals surface area contributed by atoms with E-state index in [9.17, 15) is 9.18 Å². The summed E-state index contributed by atoms with van der Waals surface area (Å²) in [7, 11) is 0. The normalized spacial score (nSPS) is 10.1. The predicted molar refractivity (Wildman–Crippen MR) is 56.5 cm³/mol. The van der Waals surface area contributed by atoms with Crippen molar-refractivity contribution in [2.45, 2.75) is 0 Å². The van der Waals surface area contributed by atoms with Crippen molar-refractivity contribution in [2.24, 2.45) is 0 Å². The lowest BCUT2D eigenvalue weighted by molar-refractivity contribution is 0.102. The van der Waals surface area contributed by atoms with E-state index in [0.717, 1.165) is 17.6 Å². The maximum absolute atomic E-state index is 13.3. The van der Waals surface area contributed by atoms with E-state index in [0.29, 0.717) is 0 Å². The van der Waals surface area contributed by atoms with Gasteiger partial charge in [-0.25, -0.2) is 4.39 Å². The Morgan fingerprint density at radius 2 is 2.31 bits per heavy atom. The van der Waals surface area contributed by atoms with Crippen molar-refractivity contribution in [3.63, 3.8) is 0 Å². The molecule has 0 atom stereocenters. The van der Waals surface area contributed by atoms with Crippen molar-refractivity contribution in [2.75, 3.05) is 11.1 Å². The number of benzene rings is 1. The fraction of sp³-hybridized carbons (Fsp3) is 0. The first-order valence-electron chi connectivity index (χ1n) is 4.18. The van der Waals surface area contributed by atoms with E-state index in [1.807, 2.05) is 0 Å². The molecule has 6 nitrogen and oxygen atoms in total. The van der Waals surface area contributed by atoms with Crippen LogP contribution in [0, 0.1) is 5.82 Å². The smallest absolute Gasteiger partial charge is 0.260 e. The van der Waals surface area contributed by atoms with Gasteiger partial charge in [0, 0.05) is 17.2 Å². The summed E-state index contributed by atoms with van der Waals surface area (Å²) >= 11 is 0.904.